The summed E-state index contributed by atoms with van der Waals surface area (Å²) in [5.41, 5.74) is -0.526. The van der Waals surface area contributed by atoms with Crippen molar-refractivity contribution in [3.63, 3.8) is 0 Å². The van der Waals surface area contributed by atoms with E-state index in [0.29, 0.717) is 17.9 Å². The minimum absolute atomic E-state index is 0.443. The Balaban J connectivity index is 1.72. The maximum atomic E-state index is 11.6. The fourth-order valence-corrected chi connectivity index (χ4v) is 4.12. The molecule has 2 aromatic heterocycles. The molecule has 2 heterocycles. The van der Waals surface area contributed by atoms with E-state index < -0.39 is 17.1 Å². The third-order valence-electron chi connectivity index (χ3n) is 5.21. The Morgan fingerprint density at radius 1 is 1.09 bits per heavy atom. The molecule has 6 heteroatoms. The molecule has 0 bridgehead atoms. The molecular formula is C26H33BO5. The summed E-state index contributed by atoms with van der Waals surface area (Å²) in [7, 11) is 1.97. The minimum atomic E-state index is -0.690. The SMILES string of the molecule is BC(C)(CC(C)(C)OC(=O)C=C)Oc1ccc2cc(-c3ccc(CCCCC)o3)oc2c1. The maximum Gasteiger partial charge on any atom is 0.330 e. The molecule has 3 rings (SSSR count). The molecule has 0 fully saturated rings. The van der Waals surface area contributed by atoms with Crippen LogP contribution in [0.2, 0.25) is 0 Å². The fraction of sp³-hybridized carbons (Fsp3) is 0.423. The number of carbonyl (C=O) groups excluding carboxylic acids is 1. The molecule has 170 valence electrons. The van der Waals surface area contributed by atoms with Crippen LogP contribution in [0, 0.1) is 0 Å². The summed E-state index contributed by atoms with van der Waals surface area (Å²) in [5.74, 6) is 2.67. The molecule has 1 unspecified atom stereocenters. The van der Waals surface area contributed by atoms with Crippen LogP contribution in [0.5, 0.6) is 5.75 Å². The van der Waals surface area contributed by atoms with E-state index in [9.17, 15) is 4.79 Å². The number of hydrogen-bond donors (Lipinski definition) is 0. The van der Waals surface area contributed by atoms with Crippen LogP contribution in [-0.4, -0.2) is 24.9 Å². The lowest BCUT2D eigenvalue weighted by molar-refractivity contribution is -0.152. The number of hydrogen-bond acceptors (Lipinski definition) is 5. The number of benzene rings is 1. The van der Waals surface area contributed by atoms with E-state index in [1.165, 1.54) is 18.9 Å². The van der Waals surface area contributed by atoms with Crippen molar-refractivity contribution >= 4 is 24.8 Å². The van der Waals surface area contributed by atoms with Gasteiger partial charge >= 0.3 is 5.97 Å². The molecule has 1 aromatic carbocycles. The van der Waals surface area contributed by atoms with Crippen molar-refractivity contribution in [1.29, 1.82) is 0 Å². The lowest BCUT2D eigenvalue weighted by Crippen LogP contribution is -2.43. The zero-order valence-electron chi connectivity index (χ0n) is 19.8. The van der Waals surface area contributed by atoms with Gasteiger partial charge < -0.3 is 18.3 Å². The number of esters is 1. The van der Waals surface area contributed by atoms with Crippen LogP contribution in [-0.2, 0) is 16.0 Å². The molecule has 0 aliphatic heterocycles. The number of ether oxygens (including phenoxy) is 2. The second-order valence-corrected chi connectivity index (χ2v) is 9.46. The van der Waals surface area contributed by atoms with Crippen LogP contribution in [0.4, 0.5) is 0 Å². The standard InChI is InChI=1S/C26H33BO5/c1-6-8-9-10-19-13-14-21(29-19)23-15-18-11-12-20(16-22(18)30-23)31-26(5,27)17-25(3,4)32-24(28)7-2/h7,11-16H,2,6,8-10,17,27H2,1,3-5H3. The smallest absolute Gasteiger partial charge is 0.330 e. The first-order valence-corrected chi connectivity index (χ1v) is 11.3. The zero-order valence-corrected chi connectivity index (χ0v) is 19.8. The van der Waals surface area contributed by atoms with Gasteiger partial charge in [-0.3, -0.25) is 0 Å². The third-order valence-corrected chi connectivity index (χ3v) is 5.21. The number of carbonyl (C=O) groups is 1. The van der Waals surface area contributed by atoms with E-state index in [1.54, 1.807) is 0 Å². The molecular weight excluding hydrogens is 403 g/mol. The van der Waals surface area contributed by atoms with E-state index >= 15 is 0 Å². The molecule has 0 aliphatic rings. The van der Waals surface area contributed by atoms with Crippen molar-refractivity contribution in [2.24, 2.45) is 0 Å². The summed E-state index contributed by atoms with van der Waals surface area (Å²) in [5, 5.41) is 0.981. The predicted molar refractivity (Wildman–Crippen MR) is 130 cm³/mol. The summed E-state index contributed by atoms with van der Waals surface area (Å²) in [6, 6.07) is 11.7. The van der Waals surface area contributed by atoms with E-state index in [0.717, 1.165) is 35.3 Å². The predicted octanol–water partition coefficient (Wildman–Crippen LogP) is 6.05. The van der Waals surface area contributed by atoms with Crippen LogP contribution in [0.1, 0.15) is 59.1 Å². The van der Waals surface area contributed by atoms with E-state index in [1.807, 2.05) is 65.0 Å². The second kappa shape index (κ2) is 9.72. The zero-order chi connectivity index (χ0) is 23.4. The van der Waals surface area contributed by atoms with Crippen LogP contribution in [0.15, 0.2) is 57.9 Å². The van der Waals surface area contributed by atoms with Gasteiger partial charge in [0.2, 0.25) is 0 Å². The Morgan fingerprint density at radius 2 is 1.88 bits per heavy atom. The van der Waals surface area contributed by atoms with Crippen molar-refractivity contribution in [3.8, 4) is 17.3 Å². The van der Waals surface area contributed by atoms with Gasteiger partial charge in [-0.05, 0) is 57.5 Å². The van der Waals surface area contributed by atoms with Crippen molar-refractivity contribution in [2.45, 2.75) is 70.9 Å². The second-order valence-electron chi connectivity index (χ2n) is 9.46. The Morgan fingerprint density at radius 3 is 2.59 bits per heavy atom. The summed E-state index contributed by atoms with van der Waals surface area (Å²) in [6.07, 6.45) is 6.15. The average Bonchev–Trinajstić information content (AvgIpc) is 3.32. The van der Waals surface area contributed by atoms with Crippen LogP contribution in [0.3, 0.4) is 0 Å². The molecule has 0 aliphatic carbocycles. The molecule has 3 aromatic rings. The third kappa shape index (κ3) is 6.31. The monoisotopic (exact) mass is 436 g/mol. The quantitative estimate of drug-likeness (QED) is 0.158. The minimum Gasteiger partial charge on any atom is -0.497 e. The van der Waals surface area contributed by atoms with Crippen LogP contribution >= 0.6 is 0 Å². The first kappa shape index (κ1) is 23.8. The molecule has 32 heavy (non-hydrogen) atoms. The van der Waals surface area contributed by atoms with Gasteiger partial charge in [-0.15, -0.1) is 0 Å². The summed E-state index contributed by atoms with van der Waals surface area (Å²) < 4.78 is 23.7. The van der Waals surface area contributed by atoms with Gasteiger partial charge in [0, 0.05) is 30.4 Å². The van der Waals surface area contributed by atoms with E-state index in [-0.39, 0.29) is 0 Å². The van der Waals surface area contributed by atoms with E-state index in [4.69, 9.17) is 18.3 Å². The van der Waals surface area contributed by atoms with Crippen LogP contribution in [0.25, 0.3) is 22.5 Å². The number of fused-ring (bicyclic) bond motifs is 1. The largest absolute Gasteiger partial charge is 0.497 e. The molecule has 5 nitrogen and oxygen atoms in total. The number of aryl methyl sites for hydroxylation is 1. The summed E-state index contributed by atoms with van der Waals surface area (Å²) >= 11 is 0. The highest BCUT2D eigenvalue weighted by molar-refractivity contribution is 6.14. The van der Waals surface area contributed by atoms with Crippen molar-refractivity contribution in [3.05, 3.63) is 54.8 Å². The van der Waals surface area contributed by atoms with Gasteiger partial charge in [0.15, 0.2) is 19.4 Å². The molecule has 0 saturated heterocycles. The van der Waals surface area contributed by atoms with Crippen molar-refractivity contribution in [1.82, 2.24) is 0 Å². The fourth-order valence-electron chi connectivity index (χ4n) is 4.12. The number of rotatable bonds is 11. The van der Waals surface area contributed by atoms with Gasteiger partial charge in [0.25, 0.3) is 0 Å². The topological polar surface area (TPSA) is 61.8 Å². The van der Waals surface area contributed by atoms with Gasteiger partial charge in [-0.2, -0.15) is 0 Å². The molecule has 0 saturated carbocycles. The van der Waals surface area contributed by atoms with Gasteiger partial charge in [-0.1, -0.05) is 26.3 Å². The lowest BCUT2D eigenvalue weighted by atomic mass is 9.75. The first-order chi connectivity index (χ1) is 15.1. The number of furan rings is 2. The van der Waals surface area contributed by atoms with Crippen LogP contribution < -0.4 is 4.74 Å². The molecule has 0 amide bonds. The lowest BCUT2D eigenvalue weighted by Gasteiger charge is -2.35. The van der Waals surface area contributed by atoms with Crippen molar-refractivity contribution < 1.29 is 23.1 Å². The summed E-state index contributed by atoms with van der Waals surface area (Å²) in [4.78, 5) is 11.6. The Hall–Kier alpha value is -2.89. The highest BCUT2D eigenvalue weighted by Crippen LogP contribution is 2.33. The number of unbranched alkanes of at least 4 members (excludes halogenated alkanes) is 2. The Kier molecular flexibility index (Phi) is 7.22. The Labute approximate surface area is 191 Å². The molecule has 0 spiro atoms. The maximum absolute atomic E-state index is 11.6. The first-order valence-electron chi connectivity index (χ1n) is 11.3. The highest BCUT2D eigenvalue weighted by atomic mass is 16.6. The molecule has 0 radical (unpaired) electrons. The van der Waals surface area contributed by atoms with E-state index in [2.05, 4.69) is 13.5 Å². The van der Waals surface area contributed by atoms with Gasteiger partial charge in [0.1, 0.15) is 22.7 Å². The van der Waals surface area contributed by atoms with Gasteiger partial charge in [-0.25, -0.2) is 4.79 Å². The normalized spacial score (nSPS) is 13.6. The molecule has 1 atom stereocenters. The molecule has 0 N–H and O–H groups in total. The summed E-state index contributed by atoms with van der Waals surface area (Å²) in [6.45, 7) is 11.3. The van der Waals surface area contributed by atoms with Crippen molar-refractivity contribution in [2.75, 3.05) is 0 Å². The Bertz CT molecular complexity index is 1070. The van der Waals surface area contributed by atoms with Gasteiger partial charge in [0.05, 0.1) is 5.50 Å². The average molecular weight is 436 g/mol. The highest BCUT2D eigenvalue weighted by Gasteiger charge is 2.33.